The highest BCUT2D eigenvalue weighted by Crippen LogP contribution is 2.25. The SMILES string of the molecule is CNC(=O)c1ccc(-n2c(NC(C)C)nc3c(c2=O)C[C@@H](C)N(C(=O)c2ccc(C)c(F)c2)C3)cc1. The number of anilines is 1. The molecular weight excluding hydrogens is 461 g/mol. The van der Waals surface area contributed by atoms with Gasteiger partial charge in [0.25, 0.3) is 17.4 Å². The summed E-state index contributed by atoms with van der Waals surface area (Å²) in [6.07, 6.45) is 0.319. The number of halogens is 1. The predicted molar refractivity (Wildman–Crippen MR) is 136 cm³/mol. The number of benzene rings is 2. The molecule has 3 aromatic rings. The maximum absolute atomic E-state index is 14.1. The molecule has 1 aromatic heterocycles. The molecule has 36 heavy (non-hydrogen) atoms. The smallest absolute Gasteiger partial charge is 0.263 e. The molecule has 8 nitrogen and oxygen atoms in total. The molecule has 0 unspecified atom stereocenters. The maximum Gasteiger partial charge on any atom is 0.263 e. The first-order chi connectivity index (χ1) is 17.1. The molecule has 4 rings (SSSR count). The molecule has 0 aliphatic carbocycles. The van der Waals surface area contributed by atoms with Gasteiger partial charge in [-0.3, -0.25) is 14.4 Å². The number of carbonyl (C=O) groups is 2. The molecule has 2 aromatic carbocycles. The fraction of sp³-hybridized carbons (Fsp3) is 0.333. The van der Waals surface area contributed by atoms with Gasteiger partial charge in [-0.25, -0.2) is 13.9 Å². The number of aryl methyl sites for hydroxylation is 1. The normalized spacial score (nSPS) is 15.0. The highest BCUT2D eigenvalue weighted by atomic mass is 19.1. The van der Waals surface area contributed by atoms with Crippen LogP contribution in [0.3, 0.4) is 0 Å². The second-order valence-electron chi connectivity index (χ2n) is 9.38. The Morgan fingerprint density at radius 2 is 1.78 bits per heavy atom. The van der Waals surface area contributed by atoms with E-state index in [1.807, 2.05) is 20.8 Å². The van der Waals surface area contributed by atoms with Gasteiger partial charge < -0.3 is 15.5 Å². The Labute approximate surface area is 209 Å². The Morgan fingerprint density at radius 3 is 2.39 bits per heavy atom. The number of hydrogen-bond donors (Lipinski definition) is 2. The van der Waals surface area contributed by atoms with Gasteiger partial charge >= 0.3 is 0 Å². The molecule has 2 amide bonds. The molecule has 1 aliphatic heterocycles. The fourth-order valence-corrected chi connectivity index (χ4v) is 4.32. The number of nitrogens with zero attached hydrogens (tertiary/aromatic N) is 3. The van der Waals surface area contributed by atoms with Gasteiger partial charge in [0.15, 0.2) is 0 Å². The molecule has 1 atom stereocenters. The van der Waals surface area contributed by atoms with Gasteiger partial charge in [0.2, 0.25) is 5.95 Å². The molecule has 188 valence electrons. The number of rotatable bonds is 5. The summed E-state index contributed by atoms with van der Waals surface area (Å²) in [6, 6.07) is 10.9. The maximum atomic E-state index is 14.1. The molecule has 0 radical (unpaired) electrons. The van der Waals surface area contributed by atoms with Crippen molar-refractivity contribution >= 4 is 17.8 Å². The minimum absolute atomic E-state index is 0.0119. The molecular formula is C27H30FN5O3. The van der Waals surface area contributed by atoms with Crippen molar-refractivity contribution in [2.24, 2.45) is 0 Å². The number of nitrogens with one attached hydrogen (secondary N) is 2. The third-order valence-corrected chi connectivity index (χ3v) is 6.33. The first kappa shape index (κ1) is 25.1. The highest BCUT2D eigenvalue weighted by Gasteiger charge is 2.32. The number of carbonyl (C=O) groups excluding carboxylic acids is 2. The topological polar surface area (TPSA) is 96.3 Å². The van der Waals surface area contributed by atoms with Crippen LogP contribution in [-0.2, 0) is 13.0 Å². The van der Waals surface area contributed by atoms with Crippen LogP contribution in [0.15, 0.2) is 47.3 Å². The van der Waals surface area contributed by atoms with Gasteiger partial charge in [0, 0.05) is 35.8 Å². The molecule has 0 saturated carbocycles. The number of amides is 2. The summed E-state index contributed by atoms with van der Waals surface area (Å²) in [5.74, 6) is -0.603. The second kappa shape index (κ2) is 9.93. The van der Waals surface area contributed by atoms with Gasteiger partial charge in [-0.2, -0.15) is 0 Å². The Morgan fingerprint density at radius 1 is 1.11 bits per heavy atom. The van der Waals surface area contributed by atoms with Crippen LogP contribution in [0.1, 0.15) is 58.3 Å². The van der Waals surface area contributed by atoms with Crippen molar-refractivity contribution in [2.75, 3.05) is 12.4 Å². The van der Waals surface area contributed by atoms with Gasteiger partial charge in [0.05, 0.1) is 17.9 Å². The van der Waals surface area contributed by atoms with E-state index in [4.69, 9.17) is 4.98 Å². The van der Waals surface area contributed by atoms with E-state index in [1.54, 1.807) is 55.3 Å². The third kappa shape index (κ3) is 4.73. The molecule has 0 saturated heterocycles. The quantitative estimate of drug-likeness (QED) is 0.570. The van der Waals surface area contributed by atoms with Crippen molar-refractivity contribution in [3.8, 4) is 5.69 Å². The van der Waals surface area contributed by atoms with Crippen LogP contribution in [0.5, 0.6) is 0 Å². The summed E-state index contributed by atoms with van der Waals surface area (Å²) in [6.45, 7) is 7.54. The Hall–Kier alpha value is -4.01. The van der Waals surface area contributed by atoms with Gasteiger partial charge in [0.1, 0.15) is 5.82 Å². The lowest BCUT2D eigenvalue weighted by Crippen LogP contribution is -2.46. The second-order valence-corrected chi connectivity index (χ2v) is 9.38. The van der Waals surface area contributed by atoms with E-state index in [9.17, 15) is 18.8 Å². The van der Waals surface area contributed by atoms with Gasteiger partial charge in [-0.1, -0.05) is 6.07 Å². The van der Waals surface area contributed by atoms with Gasteiger partial charge in [-0.15, -0.1) is 0 Å². The van der Waals surface area contributed by atoms with E-state index in [-0.39, 0.29) is 41.6 Å². The van der Waals surface area contributed by atoms with E-state index in [0.29, 0.717) is 40.4 Å². The van der Waals surface area contributed by atoms with Crippen molar-refractivity contribution < 1.29 is 14.0 Å². The van der Waals surface area contributed by atoms with Crippen LogP contribution in [0.2, 0.25) is 0 Å². The number of hydrogen-bond acceptors (Lipinski definition) is 5. The van der Waals surface area contributed by atoms with Gasteiger partial charge in [-0.05, 0) is 76.1 Å². The van der Waals surface area contributed by atoms with Crippen molar-refractivity contribution in [1.82, 2.24) is 19.8 Å². The summed E-state index contributed by atoms with van der Waals surface area (Å²) >= 11 is 0. The zero-order valence-corrected chi connectivity index (χ0v) is 21.1. The largest absolute Gasteiger partial charge is 0.355 e. The monoisotopic (exact) mass is 491 g/mol. The Kier molecular flexibility index (Phi) is 6.92. The predicted octanol–water partition coefficient (Wildman–Crippen LogP) is 3.45. The number of fused-ring (bicyclic) bond motifs is 1. The average molecular weight is 492 g/mol. The van der Waals surface area contributed by atoms with Crippen LogP contribution in [0, 0.1) is 12.7 Å². The van der Waals surface area contributed by atoms with Crippen LogP contribution >= 0.6 is 0 Å². The summed E-state index contributed by atoms with van der Waals surface area (Å²) in [7, 11) is 1.56. The fourth-order valence-electron chi connectivity index (χ4n) is 4.32. The van der Waals surface area contributed by atoms with Crippen LogP contribution in [0.25, 0.3) is 5.69 Å². The minimum Gasteiger partial charge on any atom is -0.355 e. The molecule has 0 fully saturated rings. The average Bonchev–Trinajstić information content (AvgIpc) is 2.85. The first-order valence-corrected chi connectivity index (χ1v) is 11.9. The lowest BCUT2D eigenvalue weighted by molar-refractivity contribution is 0.0652. The summed E-state index contributed by atoms with van der Waals surface area (Å²) in [5, 5.41) is 5.81. The molecule has 2 heterocycles. The standard InChI is InChI=1S/C27H30FN5O3/c1-15(2)30-27-31-23-14-32(25(35)19-7-6-16(3)22(28)13-19)17(4)12-21(23)26(36)33(27)20-10-8-18(9-11-20)24(34)29-5/h6-11,13,15,17H,12,14H2,1-5H3,(H,29,34)(H,30,31)/t17-/m1/s1. The lowest BCUT2D eigenvalue weighted by Gasteiger charge is -2.34. The van der Waals surface area contributed by atoms with Crippen molar-refractivity contribution in [3.05, 3.63) is 86.6 Å². The van der Waals surface area contributed by atoms with E-state index >= 15 is 0 Å². The van der Waals surface area contributed by atoms with E-state index in [0.717, 1.165) is 0 Å². The molecule has 9 heteroatoms. The molecule has 1 aliphatic rings. The Bertz CT molecular complexity index is 1380. The summed E-state index contributed by atoms with van der Waals surface area (Å²) < 4.78 is 15.6. The van der Waals surface area contributed by atoms with Crippen molar-refractivity contribution in [1.29, 1.82) is 0 Å². The highest BCUT2D eigenvalue weighted by molar-refractivity contribution is 5.95. The van der Waals surface area contributed by atoms with Crippen LogP contribution < -0.4 is 16.2 Å². The first-order valence-electron chi connectivity index (χ1n) is 11.9. The van der Waals surface area contributed by atoms with Crippen LogP contribution in [-0.4, -0.2) is 45.4 Å². The van der Waals surface area contributed by atoms with E-state index < -0.39 is 5.82 Å². The zero-order valence-electron chi connectivity index (χ0n) is 21.1. The van der Waals surface area contributed by atoms with Crippen LogP contribution in [0.4, 0.5) is 10.3 Å². The molecule has 0 spiro atoms. The lowest BCUT2D eigenvalue weighted by atomic mass is 9.98. The molecule has 2 N–H and O–H groups in total. The minimum atomic E-state index is -0.433. The van der Waals surface area contributed by atoms with Crippen molar-refractivity contribution in [3.63, 3.8) is 0 Å². The number of aromatic nitrogens is 2. The van der Waals surface area contributed by atoms with E-state index in [2.05, 4.69) is 10.6 Å². The molecule has 0 bridgehead atoms. The van der Waals surface area contributed by atoms with E-state index in [1.165, 1.54) is 10.6 Å². The Balaban J connectivity index is 1.75. The summed E-state index contributed by atoms with van der Waals surface area (Å²) in [5.41, 5.74) is 2.61. The summed E-state index contributed by atoms with van der Waals surface area (Å²) in [4.78, 5) is 45.3. The zero-order chi connectivity index (χ0) is 26.1. The van der Waals surface area contributed by atoms with Crippen molar-refractivity contribution in [2.45, 2.75) is 52.7 Å². The third-order valence-electron chi connectivity index (χ3n) is 6.33.